The smallest absolute Gasteiger partial charge is 0.326 e. The maximum Gasteiger partial charge on any atom is 0.326 e. The SMILES string of the molecule is CC(C)C(NC(=O)CCc1ccccc1)C(=O)N1CCC[C@H]1C(=O)O. The molecule has 1 aromatic carbocycles. The molecule has 0 aliphatic carbocycles. The van der Waals surface area contributed by atoms with Crippen LogP contribution < -0.4 is 5.32 Å². The Kier molecular flexibility index (Phi) is 6.56. The number of nitrogens with zero attached hydrogens (tertiary/aromatic N) is 1. The maximum atomic E-state index is 12.8. The molecule has 0 radical (unpaired) electrons. The van der Waals surface area contributed by atoms with Gasteiger partial charge in [-0.2, -0.15) is 0 Å². The van der Waals surface area contributed by atoms with Gasteiger partial charge in [0.25, 0.3) is 0 Å². The number of carbonyl (C=O) groups is 3. The van der Waals surface area contributed by atoms with Gasteiger partial charge in [0.15, 0.2) is 0 Å². The molecule has 6 nitrogen and oxygen atoms in total. The number of aryl methyl sites for hydroxylation is 1. The van der Waals surface area contributed by atoms with E-state index in [1.54, 1.807) is 0 Å². The van der Waals surface area contributed by atoms with Crippen LogP contribution in [0.2, 0.25) is 0 Å². The third-order valence-electron chi connectivity index (χ3n) is 4.55. The fraction of sp³-hybridized carbons (Fsp3) is 0.526. The Hall–Kier alpha value is -2.37. The van der Waals surface area contributed by atoms with Crippen LogP contribution in [-0.4, -0.2) is 46.4 Å². The molecule has 2 amide bonds. The van der Waals surface area contributed by atoms with Gasteiger partial charge in [-0.25, -0.2) is 4.79 Å². The summed E-state index contributed by atoms with van der Waals surface area (Å²) in [5.74, 6) is -1.58. The van der Waals surface area contributed by atoms with E-state index < -0.39 is 18.1 Å². The molecule has 25 heavy (non-hydrogen) atoms. The summed E-state index contributed by atoms with van der Waals surface area (Å²) in [7, 11) is 0. The summed E-state index contributed by atoms with van der Waals surface area (Å²) in [5, 5.41) is 12.1. The summed E-state index contributed by atoms with van der Waals surface area (Å²) in [6.45, 7) is 4.14. The van der Waals surface area contributed by atoms with Crippen molar-refractivity contribution in [2.75, 3.05) is 6.54 Å². The first-order chi connectivity index (χ1) is 11.9. The number of benzene rings is 1. The Morgan fingerprint density at radius 3 is 2.52 bits per heavy atom. The molecule has 1 unspecified atom stereocenters. The summed E-state index contributed by atoms with van der Waals surface area (Å²) in [5.41, 5.74) is 1.07. The van der Waals surface area contributed by atoms with E-state index in [9.17, 15) is 19.5 Å². The zero-order valence-electron chi connectivity index (χ0n) is 14.8. The van der Waals surface area contributed by atoms with Crippen molar-refractivity contribution in [2.45, 2.75) is 51.6 Å². The molecule has 2 N–H and O–H groups in total. The van der Waals surface area contributed by atoms with Crippen LogP contribution >= 0.6 is 0 Å². The second-order valence-electron chi connectivity index (χ2n) is 6.80. The molecular weight excluding hydrogens is 320 g/mol. The number of hydrogen-bond donors (Lipinski definition) is 2. The van der Waals surface area contributed by atoms with Gasteiger partial charge in [0, 0.05) is 13.0 Å². The van der Waals surface area contributed by atoms with Gasteiger partial charge in [-0.1, -0.05) is 44.2 Å². The molecule has 0 aromatic heterocycles. The Balaban J connectivity index is 1.96. The molecule has 1 fully saturated rings. The summed E-state index contributed by atoms with van der Waals surface area (Å²) < 4.78 is 0. The maximum absolute atomic E-state index is 12.8. The van der Waals surface area contributed by atoms with Gasteiger partial charge in [0.1, 0.15) is 12.1 Å². The quantitative estimate of drug-likeness (QED) is 0.789. The molecule has 0 bridgehead atoms. The number of aliphatic carboxylic acids is 1. The minimum atomic E-state index is -0.983. The van der Waals surface area contributed by atoms with Gasteiger partial charge in [0.05, 0.1) is 0 Å². The Bertz CT molecular complexity index is 615. The van der Waals surface area contributed by atoms with Crippen LogP contribution in [-0.2, 0) is 20.8 Å². The van der Waals surface area contributed by atoms with Crippen LogP contribution in [0.5, 0.6) is 0 Å². The molecule has 0 spiro atoms. The van der Waals surface area contributed by atoms with Crippen LogP contribution in [0.3, 0.4) is 0 Å². The van der Waals surface area contributed by atoms with Gasteiger partial charge in [-0.15, -0.1) is 0 Å². The minimum Gasteiger partial charge on any atom is -0.480 e. The van der Waals surface area contributed by atoms with Gasteiger partial charge in [-0.3, -0.25) is 9.59 Å². The minimum absolute atomic E-state index is 0.108. The second-order valence-corrected chi connectivity index (χ2v) is 6.80. The van der Waals surface area contributed by atoms with Crippen LogP contribution in [0.25, 0.3) is 0 Å². The van der Waals surface area contributed by atoms with E-state index in [4.69, 9.17) is 0 Å². The lowest BCUT2D eigenvalue weighted by atomic mass is 10.0. The lowest BCUT2D eigenvalue weighted by Crippen LogP contribution is -2.53. The lowest BCUT2D eigenvalue weighted by Gasteiger charge is -2.29. The number of likely N-dealkylation sites (tertiary alicyclic amines) is 1. The monoisotopic (exact) mass is 346 g/mol. The normalized spacial score (nSPS) is 18.2. The summed E-state index contributed by atoms with van der Waals surface area (Å²) in [6, 6.07) is 8.21. The molecule has 6 heteroatoms. The zero-order chi connectivity index (χ0) is 18.4. The van der Waals surface area contributed by atoms with Crippen molar-refractivity contribution in [3.8, 4) is 0 Å². The Labute approximate surface area is 148 Å². The number of carboxylic acid groups (broad SMARTS) is 1. The van der Waals surface area contributed by atoms with Crippen LogP contribution in [0.1, 0.15) is 38.7 Å². The van der Waals surface area contributed by atoms with E-state index in [1.807, 2.05) is 44.2 Å². The van der Waals surface area contributed by atoms with Gasteiger partial charge in [0.2, 0.25) is 11.8 Å². The topological polar surface area (TPSA) is 86.7 Å². The van der Waals surface area contributed by atoms with Crippen molar-refractivity contribution < 1.29 is 19.5 Å². The highest BCUT2D eigenvalue weighted by Crippen LogP contribution is 2.20. The van der Waals surface area contributed by atoms with E-state index in [1.165, 1.54) is 4.90 Å². The van der Waals surface area contributed by atoms with Crippen molar-refractivity contribution in [2.24, 2.45) is 5.92 Å². The van der Waals surface area contributed by atoms with E-state index in [-0.39, 0.29) is 17.7 Å². The van der Waals surface area contributed by atoms with Gasteiger partial charge >= 0.3 is 5.97 Å². The number of hydrogen-bond acceptors (Lipinski definition) is 3. The van der Waals surface area contributed by atoms with Crippen molar-refractivity contribution in [3.63, 3.8) is 0 Å². The van der Waals surface area contributed by atoms with Crippen molar-refractivity contribution in [3.05, 3.63) is 35.9 Å². The predicted molar refractivity (Wildman–Crippen MR) is 93.9 cm³/mol. The standard InChI is InChI=1S/C19H26N2O4/c1-13(2)17(18(23)21-12-6-9-15(21)19(24)25)20-16(22)11-10-14-7-4-3-5-8-14/h3-5,7-8,13,15,17H,6,9-12H2,1-2H3,(H,20,22)(H,24,25)/t15-,17?/m0/s1. The Morgan fingerprint density at radius 1 is 1.24 bits per heavy atom. The number of nitrogens with one attached hydrogen (secondary N) is 1. The molecule has 1 aliphatic rings. The van der Waals surface area contributed by atoms with E-state index in [0.717, 1.165) is 5.56 Å². The van der Waals surface area contributed by atoms with E-state index in [0.29, 0.717) is 32.2 Å². The average Bonchev–Trinajstić information content (AvgIpc) is 3.08. The molecule has 136 valence electrons. The lowest BCUT2D eigenvalue weighted by molar-refractivity contribution is -0.149. The molecule has 1 saturated heterocycles. The molecule has 2 atom stereocenters. The van der Waals surface area contributed by atoms with Gasteiger partial charge in [-0.05, 0) is 30.7 Å². The predicted octanol–water partition coefficient (Wildman–Crippen LogP) is 1.84. The average molecular weight is 346 g/mol. The summed E-state index contributed by atoms with van der Waals surface area (Å²) in [4.78, 5) is 37.7. The van der Waals surface area contributed by atoms with E-state index >= 15 is 0 Å². The molecule has 1 aromatic rings. The largest absolute Gasteiger partial charge is 0.480 e. The number of rotatable bonds is 7. The van der Waals surface area contributed by atoms with Crippen molar-refractivity contribution >= 4 is 17.8 Å². The van der Waals surface area contributed by atoms with Crippen LogP contribution in [0.4, 0.5) is 0 Å². The first kappa shape index (κ1) is 19.0. The summed E-state index contributed by atoms with van der Waals surface area (Å²) in [6.07, 6.45) is 2.04. The van der Waals surface area contributed by atoms with Crippen molar-refractivity contribution in [1.29, 1.82) is 0 Å². The van der Waals surface area contributed by atoms with Crippen molar-refractivity contribution in [1.82, 2.24) is 10.2 Å². The first-order valence-corrected chi connectivity index (χ1v) is 8.76. The third-order valence-corrected chi connectivity index (χ3v) is 4.55. The molecule has 1 heterocycles. The van der Waals surface area contributed by atoms with Gasteiger partial charge < -0.3 is 15.3 Å². The summed E-state index contributed by atoms with van der Waals surface area (Å²) >= 11 is 0. The highest BCUT2D eigenvalue weighted by atomic mass is 16.4. The van der Waals surface area contributed by atoms with Crippen LogP contribution in [0, 0.1) is 5.92 Å². The van der Waals surface area contributed by atoms with E-state index in [2.05, 4.69) is 5.32 Å². The highest BCUT2D eigenvalue weighted by molar-refractivity contribution is 5.91. The molecule has 1 aliphatic heterocycles. The Morgan fingerprint density at radius 2 is 1.92 bits per heavy atom. The number of carbonyl (C=O) groups excluding carboxylic acids is 2. The fourth-order valence-electron chi connectivity index (χ4n) is 3.13. The second kappa shape index (κ2) is 8.65. The molecule has 0 saturated carbocycles. The molecular formula is C19H26N2O4. The zero-order valence-corrected chi connectivity index (χ0v) is 14.8. The number of carboxylic acids is 1. The third kappa shape index (κ3) is 5.05. The fourth-order valence-corrected chi connectivity index (χ4v) is 3.13. The van der Waals surface area contributed by atoms with Crippen LogP contribution in [0.15, 0.2) is 30.3 Å². The number of amides is 2. The highest BCUT2D eigenvalue weighted by Gasteiger charge is 2.38. The first-order valence-electron chi connectivity index (χ1n) is 8.76. The molecule has 2 rings (SSSR count).